The van der Waals surface area contributed by atoms with Crippen molar-refractivity contribution in [1.82, 2.24) is 10.2 Å². The van der Waals surface area contributed by atoms with Crippen LogP contribution in [0.15, 0.2) is 0 Å². The van der Waals surface area contributed by atoms with Crippen LogP contribution in [0, 0.1) is 5.92 Å². The van der Waals surface area contributed by atoms with Gasteiger partial charge >= 0.3 is 0 Å². The Hall–Kier alpha value is -0.120. The molecule has 3 atom stereocenters. The third-order valence-electron chi connectivity index (χ3n) is 4.04. The van der Waals surface area contributed by atoms with E-state index in [4.69, 9.17) is 4.74 Å². The first-order valence-electron chi connectivity index (χ1n) is 7.38. The zero-order valence-corrected chi connectivity index (χ0v) is 13.1. The fourth-order valence-electron chi connectivity index (χ4n) is 2.87. The van der Waals surface area contributed by atoms with Crippen LogP contribution in [0.5, 0.6) is 0 Å². The lowest BCUT2D eigenvalue weighted by Gasteiger charge is -2.47. The van der Waals surface area contributed by atoms with Crippen molar-refractivity contribution in [2.75, 3.05) is 26.8 Å². The summed E-state index contributed by atoms with van der Waals surface area (Å²) in [7, 11) is 1.80. The van der Waals surface area contributed by atoms with Crippen LogP contribution in [-0.2, 0) is 4.74 Å². The van der Waals surface area contributed by atoms with Gasteiger partial charge in [-0.3, -0.25) is 4.90 Å². The Labute approximate surface area is 113 Å². The molecule has 0 radical (unpaired) electrons. The predicted octanol–water partition coefficient (Wildman–Crippen LogP) is 2.51. The normalized spacial score (nSPS) is 26.2. The molecule has 18 heavy (non-hydrogen) atoms. The monoisotopic (exact) mass is 256 g/mol. The van der Waals surface area contributed by atoms with Gasteiger partial charge in [-0.05, 0) is 59.5 Å². The molecule has 0 aromatic heterocycles. The highest BCUT2D eigenvalue weighted by atomic mass is 16.5. The van der Waals surface area contributed by atoms with Gasteiger partial charge in [-0.15, -0.1) is 0 Å². The van der Waals surface area contributed by atoms with Crippen molar-refractivity contribution < 1.29 is 4.74 Å². The molecule has 0 heterocycles. The SMILES string of the molecule is CCN(C(C)COC)C1CCC1CNC(C)(C)C. The molecular formula is C15H32N2O. The number of rotatable bonds is 7. The van der Waals surface area contributed by atoms with Gasteiger partial charge in [-0.2, -0.15) is 0 Å². The number of nitrogens with zero attached hydrogens (tertiary/aromatic N) is 1. The summed E-state index contributed by atoms with van der Waals surface area (Å²) >= 11 is 0. The fourth-order valence-corrected chi connectivity index (χ4v) is 2.87. The molecule has 108 valence electrons. The third kappa shape index (κ3) is 4.52. The molecule has 1 rings (SSSR count). The summed E-state index contributed by atoms with van der Waals surface area (Å²) in [5.74, 6) is 0.809. The topological polar surface area (TPSA) is 24.5 Å². The Balaban J connectivity index is 2.44. The van der Waals surface area contributed by atoms with E-state index >= 15 is 0 Å². The van der Waals surface area contributed by atoms with Gasteiger partial charge in [-0.25, -0.2) is 0 Å². The van der Waals surface area contributed by atoms with Crippen molar-refractivity contribution in [3.8, 4) is 0 Å². The Morgan fingerprint density at radius 1 is 1.33 bits per heavy atom. The van der Waals surface area contributed by atoms with Crippen molar-refractivity contribution in [2.45, 2.75) is 65.1 Å². The van der Waals surface area contributed by atoms with Gasteiger partial charge in [0.1, 0.15) is 0 Å². The minimum atomic E-state index is 0.231. The van der Waals surface area contributed by atoms with Crippen LogP contribution in [0.1, 0.15) is 47.5 Å². The van der Waals surface area contributed by atoms with Crippen molar-refractivity contribution in [3.05, 3.63) is 0 Å². The van der Waals surface area contributed by atoms with E-state index in [-0.39, 0.29) is 5.54 Å². The molecule has 1 N–H and O–H groups in total. The highest BCUT2D eigenvalue weighted by Crippen LogP contribution is 2.33. The molecule has 3 heteroatoms. The van der Waals surface area contributed by atoms with Gasteiger partial charge in [0.15, 0.2) is 0 Å². The van der Waals surface area contributed by atoms with E-state index in [9.17, 15) is 0 Å². The summed E-state index contributed by atoms with van der Waals surface area (Å²) < 4.78 is 5.30. The Kier molecular flexibility index (Phi) is 6.09. The summed E-state index contributed by atoms with van der Waals surface area (Å²) in [6, 6.07) is 1.28. The standard InChI is InChI=1S/C15H32N2O/c1-7-17(12(2)11-18-6)14-9-8-13(14)10-16-15(3,4)5/h12-14,16H,7-11H2,1-6H3. The second kappa shape index (κ2) is 6.88. The zero-order valence-electron chi connectivity index (χ0n) is 13.1. The Bertz CT molecular complexity index is 237. The minimum absolute atomic E-state index is 0.231. The molecular weight excluding hydrogens is 224 g/mol. The van der Waals surface area contributed by atoms with Crippen LogP contribution in [-0.4, -0.2) is 49.3 Å². The molecule has 3 nitrogen and oxygen atoms in total. The van der Waals surface area contributed by atoms with E-state index in [2.05, 4.69) is 44.8 Å². The first-order chi connectivity index (χ1) is 8.39. The molecule has 0 aromatic rings. The Morgan fingerprint density at radius 3 is 2.39 bits per heavy atom. The largest absolute Gasteiger partial charge is 0.383 e. The van der Waals surface area contributed by atoms with Crippen LogP contribution < -0.4 is 5.32 Å². The lowest BCUT2D eigenvalue weighted by atomic mass is 9.77. The fraction of sp³-hybridized carbons (Fsp3) is 1.00. The van der Waals surface area contributed by atoms with E-state index < -0.39 is 0 Å². The summed E-state index contributed by atoms with van der Waals surface area (Å²) in [6.07, 6.45) is 2.71. The first-order valence-corrected chi connectivity index (χ1v) is 7.38. The van der Waals surface area contributed by atoms with Crippen molar-refractivity contribution >= 4 is 0 Å². The average Bonchev–Trinajstić information content (AvgIpc) is 2.22. The maximum Gasteiger partial charge on any atom is 0.0615 e. The predicted molar refractivity (Wildman–Crippen MR) is 78.0 cm³/mol. The molecule has 0 saturated heterocycles. The number of likely N-dealkylation sites (N-methyl/N-ethyl adjacent to an activating group) is 1. The lowest BCUT2D eigenvalue weighted by Crippen LogP contribution is -2.55. The summed E-state index contributed by atoms with van der Waals surface area (Å²) in [6.45, 7) is 14.4. The molecule has 3 unspecified atom stereocenters. The number of nitrogens with one attached hydrogen (secondary N) is 1. The molecule has 1 aliphatic carbocycles. The van der Waals surface area contributed by atoms with Crippen molar-refractivity contribution in [1.29, 1.82) is 0 Å². The molecule has 1 fully saturated rings. The third-order valence-corrected chi connectivity index (χ3v) is 4.04. The van der Waals surface area contributed by atoms with Crippen LogP contribution >= 0.6 is 0 Å². The summed E-state index contributed by atoms with van der Waals surface area (Å²) in [5.41, 5.74) is 0.231. The minimum Gasteiger partial charge on any atom is -0.383 e. The van der Waals surface area contributed by atoms with Crippen LogP contribution in [0.4, 0.5) is 0 Å². The van der Waals surface area contributed by atoms with Crippen LogP contribution in [0.2, 0.25) is 0 Å². The molecule has 0 spiro atoms. The van der Waals surface area contributed by atoms with E-state index in [1.54, 1.807) is 7.11 Å². The van der Waals surface area contributed by atoms with Crippen LogP contribution in [0.25, 0.3) is 0 Å². The van der Waals surface area contributed by atoms with Gasteiger partial charge in [-0.1, -0.05) is 6.92 Å². The molecule has 0 aromatic carbocycles. The molecule has 0 bridgehead atoms. The quantitative estimate of drug-likeness (QED) is 0.757. The zero-order chi connectivity index (χ0) is 13.8. The maximum absolute atomic E-state index is 5.30. The van der Waals surface area contributed by atoms with Gasteiger partial charge in [0.2, 0.25) is 0 Å². The number of methoxy groups -OCH3 is 1. The van der Waals surface area contributed by atoms with Gasteiger partial charge in [0, 0.05) is 24.7 Å². The molecule has 0 amide bonds. The number of hydrogen-bond acceptors (Lipinski definition) is 3. The highest BCUT2D eigenvalue weighted by molar-refractivity contribution is 4.92. The van der Waals surface area contributed by atoms with Crippen LogP contribution in [0.3, 0.4) is 0 Å². The van der Waals surface area contributed by atoms with E-state index in [1.807, 2.05) is 0 Å². The molecule has 1 aliphatic rings. The summed E-state index contributed by atoms with van der Waals surface area (Å²) in [5, 5.41) is 3.65. The maximum atomic E-state index is 5.30. The second-order valence-electron chi connectivity index (χ2n) is 6.67. The van der Waals surface area contributed by atoms with E-state index in [0.717, 1.165) is 31.7 Å². The average molecular weight is 256 g/mol. The lowest BCUT2D eigenvalue weighted by molar-refractivity contribution is 0.00623. The smallest absolute Gasteiger partial charge is 0.0615 e. The van der Waals surface area contributed by atoms with Gasteiger partial charge < -0.3 is 10.1 Å². The number of ether oxygens (including phenoxy) is 1. The summed E-state index contributed by atoms with van der Waals surface area (Å²) in [4.78, 5) is 2.61. The van der Waals surface area contributed by atoms with Crippen molar-refractivity contribution in [3.63, 3.8) is 0 Å². The number of hydrogen-bond donors (Lipinski definition) is 1. The van der Waals surface area contributed by atoms with Gasteiger partial charge in [0.25, 0.3) is 0 Å². The van der Waals surface area contributed by atoms with E-state index in [0.29, 0.717) is 6.04 Å². The first kappa shape index (κ1) is 15.9. The van der Waals surface area contributed by atoms with Gasteiger partial charge in [0.05, 0.1) is 6.61 Å². The molecule has 0 aliphatic heterocycles. The molecule has 1 saturated carbocycles. The van der Waals surface area contributed by atoms with E-state index in [1.165, 1.54) is 12.8 Å². The second-order valence-corrected chi connectivity index (χ2v) is 6.67. The van der Waals surface area contributed by atoms with Crippen molar-refractivity contribution in [2.24, 2.45) is 5.92 Å². The highest BCUT2D eigenvalue weighted by Gasteiger charge is 2.36. The Morgan fingerprint density at radius 2 is 2.00 bits per heavy atom.